The summed E-state index contributed by atoms with van der Waals surface area (Å²) in [5.74, 6) is 1.61. The molecule has 0 atom stereocenters. The van der Waals surface area contributed by atoms with E-state index in [1.165, 1.54) is 6.33 Å². The molecule has 2 heterocycles. The van der Waals surface area contributed by atoms with Gasteiger partial charge in [-0.1, -0.05) is 6.92 Å². The zero-order valence-corrected chi connectivity index (χ0v) is 16.6. The van der Waals surface area contributed by atoms with E-state index in [2.05, 4.69) is 33.6 Å². The number of likely N-dealkylation sites (N-methyl/N-ethyl adjacent to an activating group) is 1. The van der Waals surface area contributed by atoms with Gasteiger partial charge >= 0.3 is 0 Å². The number of piperazine rings is 1. The highest BCUT2D eigenvalue weighted by molar-refractivity contribution is 6.13. The number of rotatable bonds is 6. The first-order valence-corrected chi connectivity index (χ1v) is 9.94. The van der Waals surface area contributed by atoms with Crippen molar-refractivity contribution in [1.82, 2.24) is 14.9 Å². The molecule has 1 aromatic heterocycles. The van der Waals surface area contributed by atoms with E-state index in [4.69, 9.17) is 15.9 Å². The smallest absolute Gasteiger partial charge is 0.132 e. The molecule has 1 aromatic carbocycles. The molecule has 7 heteroatoms. The zero-order chi connectivity index (χ0) is 19.7. The highest BCUT2D eigenvalue weighted by Gasteiger charge is 2.40. The zero-order valence-electron chi connectivity index (χ0n) is 16.6. The lowest BCUT2D eigenvalue weighted by Crippen LogP contribution is -2.46. The minimum absolute atomic E-state index is 0.0711. The number of nitrogens with one attached hydrogen (secondary N) is 1. The number of nitrogens with two attached hydrogens (primary N) is 1. The van der Waals surface area contributed by atoms with Crippen molar-refractivity contribution in [2.45, 2.75) is 32.3 Å². The van der Waals surface area contributed by atoms with Gasteiger partial charge in [0.05, 0.1) is 11.4 Å². The van der Waals surface area contributed by atoms with Gasteiger partial charge in [-0.2, -0.15) is 0 Å². The van der Waals surface area contributed by atoms with Gasteiger partial charge in [-0.25, -0.2) is 9.97 Å². The first-order valence-electron chi connectivity index (χ1n) is 9.94. The van der Waals surface area contributed by atoms with Crippen molar-refractivity contribution in [2.75, 3.05) is 43.4 Å². The van der Waals surface area contributed by atoms with Gasteiger partial charge < -0.3 is 20.3 Å². The molecule has 2 aromatic rings. The van der Waals surface area contributed by atoms with E-state index in [1.54, 1.807) is 6.07 Å². The molecule has 7 nitrogen and oxygen atoms in total. The Labute approximate surface area is 166 Å². The van der Waals surface area contributed by atoms with E-state index < -0.39 is 0 Å². The van der Waals surface area contributed by atoms with Gasteiger partial charge in [0.2, 0.25) is 0 Å². The maximum atomic E-state index is 8.67. The summed E-state index contributed by atoms with van der Waals surface area (Å²) in [7, 11) is 0. The van der Waals surface area contributed by atoms with Gasteiger partial charge in [0.25, 0.3) is 0 Å². The molecule has 0 unspecified atom stereocenters. The molecule has 1 aliphatic heterocycles. The van der Waals surface area contributed by atoms with Crippen LogP contribution >= 0.6 is 0 Å². The van der Waals surface area contributed by atoms with Gasteiger partial charge in [0, 0.05) is 43.5 Å². The summed E-state index contributed by atoms with van der Waals surface area (Å²) in [5.41, 5.74) is 8.15. The monoisotopic (exact) mass is 380 g/mol. The third-order valence-electron chi connectivity index (χ3n) is 5.66. The number of nitrogens with zero attached hydrogens (tertiary/aromatic N) is 4. The molecular weight excluding hydrogens is 352 g/mol. The van der Waals surface area contributed by atoms with Crippen LogP contribution in [-0.2, 0) is 0 Å². The van der Waals surface area contributed by atoms with Crippen LogP contribution in [0.4, 0.5) is 11.5 Å². The lowest BCUT2D eigenvalue weighted by atomic mass is 10.0. The first-order chi connectivity index (χ1) is 13.5. The van der Waals surface area contributed by atoms with E-state index in [0.717, 1.165) is 57.1 Å². The van der Waals surface area contributed by atoms with Crippen molar-refractivity contribution < 1.29 is 4.74 Å². The Morgan fingerprint density at radius 2 is 1.93 bits per heavy atom. The van der Waals surface area contributed by atoms with Crippen molar-refractivity contribution in [2.24, 2.45) is 0 Å². The Morgan fingerprint density at radius 3 is 2.61 bits per heavy atom. The second-order valence-corrected chi connectivity index (χ2v) is 7.86. The molecule has 4 rings (SSSR count). The van der Waals surface area contributed by atoms with Crippen molar-refractivity contribution in [3.05, 3.63) is 41.9 Å². The Bertz CT molecular complexity index is 871. The van der Waals surface area contributed by atoms with Gasteiger partial charge in [-0.3, -0.25) is 5.41 Å². The molecule has 28 heavy (non-hydrogen) atoms. The normalized spacial score (nSPS) is 18.7. The Balaban J connectivity index is 1.54. The summed E-state index contributed by atoms with van der Waals surface area (Å²) in [4.78, 5) is 13.4. The number of hydrogen-bond acceptors (Lipinski definition) is 7. The van der Waals surface area contributed by atoms with Crippen LogP contribution in [0.2, 0.25) is 0 Å². The summed E-state index contributed by atoms with van der Waals surface area (Å²) >= 11 is 0. The van der Waals surface area contributed by atoms with E-state index in [9.17, 15) is 0 Å². The molecule has 0 bridgehead atoms. The number of anilines is 2. The summed E-state index contributed by atoms with van der Waals surface area (Å²) < 4.78 is 6.04. The van der Waals surface area contributed by atoms with Gasteiger partial charge in [-0.15, -0.1) is 0 Å². The van der Waals surface area contributed by atoms with Gasteiger partial charge in [0.15, 0.2) is 0 Å². The molecule has 148 valence electrons. The second kappa shape index (κ2) is 7.39. The summed E-state index contributed by atoms with van der Waals surface area (Å²) in [6, 6.07) is 7.41. The predicted octanol–water partition coefficient (Wildman–Crippen LogP) is 2.55. The van der Waals surface area contributed by atoms with Crippen molar-refractivity contribution >= 4 is 17.2 Å². The fraction of sp³-hybridized carbons (Fsp3) is 0.476. The maximum Gasteiger partial charge on any atom is 0.132 e. The topological polar surface area (TPSA) is 91.4 Å². The second-order valence-electron chi connectivity index (χ2n) is 7.86. The Kier molecular flexibility index (Phi) is 4.93. The first kappa shape index (κ1) is 18.7. The van der Waals surface area contributed by atoms with Crippen LogP contribution in [-0.4, -0.2) is 58.9 Å². The van der Waals surface area contributed by atoms with Crippen molar-refractivity contribution in [3.63, 3.8) is 0 Å². The molecule has 0 radical (unpaired) electrons. The fourth-order valence-electron chi connectivity index (χ4n) is 3.47. The minimum atomic E-state index is -0.0711. The summed E-state index contributed by atoms with van der Waals surface area (Å²) in [5, 5.41) is 8.67. The van der Waals surface area contributed by atoms with Crippen LogP contribution in [0.25, 0.3) is 0 Å². The van der Waals surface area contributed by atoms with Crippen molar-refractivity contribution in [1.29, 1.82) is 5.41 Å². The van der Waals surface area contributed by atoms with Crippen LogP contribution in [0.5, 0.6) is 5.75 Å². The Hall–Kier alpha value is -2.67. The van der Waals surface area contributed by atoms with Crippen LogP contribution in [0.3, 0.4) is 0 Å². The predicted molar refractivity (Wildman–Crippen MR) is 111 cm³/mol. The lowest BCUT2D eigenvalue weighted by molar-refractivity contribution is 0.200. The molecule has 0 amide bonds. The maximum absolute atomic E-state index is 8.67. The number of benzene rings is 1. The van der Waals surface area contributed by atoms with Crippen LogP contribution in [0, 0.1) is 5.41 Å². The van der Waals surface area contributed by atoms with E-state index in [0.29, 0.717) is 22.7 Å². The molecule has 1 aliphatic carbocycles. The van der Waals surface area contributed by atoms with E-state index in [-0.39, 0.29) is 5.60 Å². The van der Waals surface area contributed by atoms with Gasteiger partial charge in [0.1, 0.15) is 23.5 Å². The van der Waals surface area contributed by atoms with Crippen LogP contribution < -0.4 is 15.4 Å². The summed E-state index contributed by atoms with van der Waals surface area (Å²) in [6.07, 6.45) is 3.66. The third-order valence-corrected chi connectivity index (χ3v) is 5.66. The largest absolute Gasteiger partial charge is 0.488 e. The lowest BCUT2D eigenvalue weighted by Gasteiger charge is -2.34. The fourth-order valence-corrected chi connectivity index (χ4v) is 3.47. The molecule has 2 fully saturated rings. The number of nitrogen functional groups attached to an aromatic ring is 1. The molecule has 2 aliphatic rings. The average Bonchev–Trinajstić information content (AvgIpc) is 3.45. The van der Waals surface area contributed by atoms with E-state index >= 15 is 0 Å². The van der Waals surface area contributed by atoms with Crippen LogP contribution in [0.15, 0.2) is 30.6 Å². The highest BCUT2D eigenvalue weighted by atomic mass is 16.5. The molecule has 3 N–H and O–H groups in total. The minimum Gasteiger partial charge on any atom is -0.488 e. The SMILES string of the molecule is CCN1CCN(c2cc(C(=N)c3cc(OC4(C)CC4)ccc3N)ncn2)CC1. The number of hydrogen-bond donors (Lipinski definition) is 2. The van der Waals surface area contributed by atoms with Crippen LogP contribution in [0.1, 0.15) is 37.9 Å². The average molecular weight is 380 g/mol. The molecule has 1 saturated carbocycles. The third kappa shape index (κ3) is 3.94. The standard InChI is InChI=1S/C21H28N6O/c1-3-26-8-10-27(11-9-26)19-13-18(24-14-25-19)20(23)16-12-15(4-5-17(16)22)28-21(2)6-7-21/h4-5,12-14,23H,3,6-11,22H2,1-2H3. The highest BCUT2D eigenvalue weighted by Crippen LogP contribution is 2.40. The summed E-state index contributed by atoms with van der Waals surface area (Å²) in [6.45, 7) is 9.28. The number of aromatic nitrogens is 2. The quantitative estimate of drug-likeness (QED) is 0.591. The molecule has 1 saturated heterocycles. The van der Waals surface area contributed by atoms with E-state index in [1.807, 2.05) is 18.2 Å². The van der Waals surface area contributed by atoms with Crippen molar-refractivity contribution in [3.8, 4) is 5.75 Å². The molecular formula is C21H28N6O. The van der Waals surface area contributed by atoms with Gasteiger partial charge in [-0.05, 0) is 44.5 Å². The number of ether oxygens (including phenoxy) is 1. The molecule has 0 spiro atoms. The Morgan fingerprint density at radius 1 is 1.18 bits per heavy atom.